The Morgan fingerprint density at radius 2 is 1.56 bits per heavy atom. The lowest BCUT2D eigenvalue weighted by atomic mass is 9.73. The Labute approximate surface area is 235 Å². The summed E-state index contributed by atoms with van der Waals surface area (Å²) in [5.41, 5.74) is 4.44. The summed E-state index contributed by atoms with van der Waals surface area (Å²) in [6.45, 7) is 3.41. The lowest BCUT2D eigenvalue weighted by Gasteiger charge is -2.28. The molecule has 5 rings (SSSR count). The minimum absolute atomic E-state index is 0.179. The Balaban J connectivity index is 1.19. The zero-order chi connectivity index (χ0) is 27.7. The predicted molar refractivity (Wildman–Crippen MR) is 151 cm³/mol. The van der Waals surface area contributed by atoms with E-state index in [4.69, 9.17) is 4.74 Å². The number of esters is 1. The second kappa shape index (κ2) is 11.1. The quantitative estimate of drug-likeness (QED) is 0.284. The summed E-state index contributed by atoms with van der Waals surface area (Å²) in [7, 11) is 0. The van der Waals surface area contributed by atoms with E-state index in [9.17, 15) is 19.2 Å². The zero-order valence-electron chi connectivity index (χ0n) is 21.8. The summed E-state index contributed by atoms with van der Waals surface area (Å²) in [6, 6.07) is 19.9. The first-order valence-corrected chi connectivity index (χ1v) is 13.8. The number of rotatable bonds is 6. The molecule has 0 aromatic heterocycles. The molecule has 0 radical (unpaired) electrons. The average Bonchev–Trinajstić information content (AvgIpc) is 3.19. The highest BCUT2D eigenvalue weighted by atomic mass is 79.9. The summed E-state index contributed by atoms with van der Waals surface area (Å²) in [5.74, 6) is -1.87. The third-order valence-electron chi connectivity index (χ3n) is 7.61. The average molecular weight is 589 g/mol. The van der Waals surface area contributed by atoms with Crippen LogP contribution in [0.25, 0.3) is 0 Å². The van der Waals surface area contributed by atoms with Gasteiger partial charge >= 0.3 is 5.97 Å². The molecular weight excluding hydrogens is 560 g/mol. The molecule has 0 spiro atoms. The van der Waals surface area contributed by atoms with Gasteiger partial charge in [0.05, 0.1) is 23.1 Å². The summed E-state index contributed by atoms with van der Waals surface area (Å²) in [5, 5.41) is 2.73. The standard InChI is InChI=1S/C31H29BrN2O5/c1-18-14-23(15-19(2)28(18)32)33-27(35)17-39-31(38)21-8-11-24(12-9-21)34-29(36)25-13-10-22(16-26(25)30(34)37)20-6-4-3-5-7-20/h3-9,11-12,14-15,22,25-26H,10,13,16-17H2,1-2H3,(H,33,35)/t22-,25+,26-/m0/s1. The molecule has 39 heavy (non-hydrogen) atoms. The molecule has 7 nitrogen and oxygen atoms in total. The lowest BCUT2D eigenvalue weighted by molar-refractivity contribution is -0.122. The van der Waals surface area contributed by atoms with Crippen molar-refractivity contribution in [1.29, 1.82) is 0 Å². The van der Waals surface area contributed by atoms with Crippen LogP contribution in [0.3, 0.4) is 0 Å². The number of hydrogen-bond acceptors (Lipinski definition) is 5. The van der Waals surface area contributed by atoms with Gasteiger partial charge in [-0.25, -0.2) is 4.79 Å². The van der Waals surface area contributed by atoms with Gasteiger partial charge in [0.2, 0.25) is 11.8 Å². The van der Waals surface area contributed by atoms with Gasteiger partial charge in [-0.3, -0.25) is 19.3 Å². The molecule has 3 amide bonds. The van der Waals surface area contributed by atoms with Crippen molar-refractivity contribution in [1.82, 2.24) is 0 Å². The second-order valence-corrected chi connectivity index (χ2v) is 11.0. The van der Waals surface area contributed by atoms with Crippen LogP contribution >= 0.6 is 15.9 Å². The number of carbonyl (C=O) groups excluding carboxylic acids is 4. The van der Waals surface area contributed by atoms with Crippen molar-refractivity contribution in [2.24, 2.45) is 11.8 Å². The number of nitrogens with one attached hydrogen (secondary N) is 1. The molecule has 8 heteroatoms. The number of ether oxygens (including phenoxy) is 1. The molecule has 3 atom stereocenters. The fourth-order valence-electron chi connectivity index (χ4n) is 5.64. The first-order chi connectivity index (χ1) is 18.7. The molecule has 1 N–H and O–H groups in total. The maximum atomic E-state index is 13.3. The van der Waals surface area contributed by atoms with E-state index in [1.54, 1.807) is 12.1 Å². The minimum atomic E-state index is -0.668. The number of anilines is 2. The fraction of sp³-hybridized carbons (Fsp3) is 0.290. The second-order valence-electron chi connectivity index (χ2n) is 10.2. The van der Waals surface area contributed by atoms with Crippen molar-refractivity contribution in [3.63, 3.8) is 0 Å². The fourth-order valence-corrected chi connectivity index (χ4v) is 5.87. The summed E-state index contributed by atoms with van der Waals surface area (Å²) >= 11 is 3.49. The van der Waals surface area contributed by atoms with Crippen LogP contribution in [0.1, 0.15) is 52.2 Å². The van der Waals surface area contributed by atoms with Crippen molar-refractivity contribution in [2.45, 2.75) is 39.0 Å². The van der Waals surface area contributed by atoms with E-state index < -0.39 is 18.5 Å². The molecule has 3 aromatic rings. The van der Waals surface area contributed by atoms with E-state index in [0.29, 0.717) is 24.2 Å². The summed E-state index contributed by atoms with van der Waals surface area (Å²) in [6.07, 6.45) is 2.20. The number of imide groups is 1. The van der Waals surface area contributed by atoms with Gasteiger partial charge in [0.15, 0.2) is 6.61 Å². The van der Waals surface area contributed by atoms with Gasteiger partial charge in [-0.15, -0.1) is 0 Å². The molecule has 1 heterocycles. The third kappa shape index (κ3) is 5.52. The number of fused-ring (bicyclic) bond motifs is 1. The molecule has 0 unspecified atom stereocenters. The van der Waals surface area contributed by atoms with Crippen molar-refractivity contribution >= 4 is 51.0 Å². The smallest absolute Gasteiger partial charge is 0.338 e. The molecule has 0 bridgehead atoms. The zero-order valence-corrected chi connectivity index (χ0v) is 23.4. The van der Waals surface area contributed by atoms with Crippen LogP contribution in [0.4, 0.5) is 11.4 Å². The first kappa shape index (κ1) is 26.8. The Morgan fingerprint density at radius 3 is 2.23 bits per heavy atom. The van der Waals surface area contributed by atoms with Crippen LogP contribution < -0.4 is 10.2 Å². The Hall–Kier alpha value is -3.78. The number of carbonyl (C=O) groups is 4. The molecule has 2 fully saturated rings. The highest BCUT2D eigenvalue weighted by Gasteiger charge is 2.50. The Bertz CT molecular complexity index is 1410. The molecule has 1 saturated heterocycles. The molecule has 3 aromatic carbocycles. The number of hydrogen-bond donors (Lipinski definition) is 1. The van der Waals surface area contributed by atoms with Crippen LogP contribution in [-0.4, -0.2) is 30.3 Å². The minimum Gasteiger partial charge on any atom is -0.452 e. The van der Waals surface area contributed by atoms with Gasteiger partial charge in [-0.05, 0) is 92.1 Å². The van der Waals surface area contributed by atoms with E-state index in [1.165, 1.54) is 22.6 Å². The monoisotopic (exact) mass is 588 g/mol. The van der Waals surface area contributed by atoms with Gasteiger partial charge in [-0.1, -0.05) is 46.3 Å². The number of halogens is 1. The van der Waals surface area contributed by atoms with Crippen LogP contribution in [0, 0.1) is 25.7 Å². The van der Waals surface area contributed by atoms with E-state index >= 15 is 0 Å². The highest BCUT2D eigenvalue weighted by Crippen LogP contribution is 2.45. The SMILES string of the molecule is Cc1cc(NC(=O)COC(=O)c2ccc(N3C(=O)[C@H]4C[C@@H](c5ccccc5)CC[C@H]4C3=O)cc2)cc(C)c1Br. The van der Waals surface area contributed by atoms with Gasteiger partial charge in [0.25, 0.3) is 5.91 Å². The van der Waals surface area contributed by atoms with Crippen LogP contribution in [0.5, 0.6) is 0 Å². The number of nitrogens with zero attached hydrogens (tertiary/aromatic N) is 1. The number of amides is 3. The molecule has 1 aliphatic carbocycles. The van der Waals surface area contributed by atoms with Crippen molar-refractivity contribution in [3.8, 4) is 0 Å². The van der Waals surface area contributed by atoms with Crippen molar-refractivity contribution in [3.05, 3.63) is 93.5 Å². The van der Waals surface area contributed by atoms with Crippen LogP contribution in [0.2, 0.25) is 0 Å². The number of aryl methyl sites for hydroxylation is 2. The topological polar surface area (TPSA) is 92.8 Å². The van der Waals surface area contributed by atoms with Crippen LogP contribution in [0.15, 0.2) is 71.2 Å². The number of benzene rings is 3. The molecule has 200 valence electrons. The van der Waals surface area contributed by atoms with Gasteiger partial charge in [-0.2, -0.15) is 0 Å². The molecule has 1 aliphatic heterocycles. The lowest BCUT2D eigenvalue weighted by Crippen LogP contribution is -2.30. The third-order valence-corrected chi connectivity index (χ3v) is 8.86. The van der Waals surface area contributed by atoms with E-state index in [0.717, 1.165) is 22.0 Å². The summed E-state index contributed by atoms with van der Waals surface area (Å²) < 4.78 is 6.15. The van der Waals surface area contributed by atoms with Gasteiger partial charge in [0.1, 0.15) is 0 Å². The largest absolute Gasteiger partial charge is 0.452 e. The first-order valence-electron chi connectivity index (χ1n) is 13.0. The molecule has 1 saturated carbocycles. The molecular formula is C31H29BrN2O5. The van der Waals surface area contributed by atoms with Gasteiger partial charge in [0, 0.05) is 10.2 Å². The van der Waals surface area contributed by atoms with E-state index in [-0.39, 0.29) is 35.1 Å². The normalized spacial score (nSPS) is 20.5. The van der Waals surface area contributed by atoms with Gasteiger partial charge < -0.3 is 10.1 Å². The van der Waals surface area contributed by atoms with Crippen molar-refractivity contribution in [2.75, 3.05) is 16.8 Å². The Kier molecular flexibility index (Phi) is 7.66. The van der Waals surface area contributed by atoms with Crippen LogP contribution in [-0.2, 0) is 19.1 Å². The highest BCUT2D eigenvalue weighted by molar-refractivity contribution is 9.10. The predicted octanol–water partition coefficient (Wildman–Crippen LogP) is 5.93. The van der Waals surface area contributed by atoms with E-state index in [1.807, 2.05) is 44.2 Å². The Morgan fingerprint density at radius 1 is 0.923 bits per heavy atom. The van der Waals surface area contributed by atoms with E-state index in [2.05, 4.69) is 33.4 Å². The molecule has 2 aliphatic rings. The summed E-state index contributed by atoms with van der Waals surface area (Å²) in [4.78, 5) is 52.6. The maximum Gasteiger partial charge on any atom is 0.338 e. The maximum absolute atomic E-state index is 13.3. The van der Waals surface area contributed by atoms with Crippen molar-refractivity contribution < 1.29 is 23.9 Å².